The molecule has 1 saturated heterocycles. The lowest BCUT2D eigenvalue weighted by Crippen LogP contribution is -2.32. The number of benzene rings is 1. The molecule has 2 aliphatic heterocycles. The zero-order valence-electron chi connectivity index (χ0n) is 22.6. The summed E-state index contributed by atoms with van der Waals surface area (Å²) in [7, 11) is 3.45. The third-order valence-electron chi connectivity index (χ3n) is 5.88. The fourth-order valence-corrected chi connectivity index (χ4v) is 4.19. The Morgan fingerprint density at radius 3 is 2.55 bits per heavy atom. The fraction of sp³-hybridized carbons (Fsp3) is 0.370. The number of anilines is 1. The van der Waals surface area contributed by atoms with E-state index in [2.05, 4.69) is 68.2 Å². The molecule has 0 aliphatic carbocycles. The van der Waals surface area contributed by atoms with Gasteiger partial charge >= 0.3 is 0 Å². The maximum absolute atomic E-state index is 13.1. The quantitative estimate of drug-likeness (QED) is 0.391. The van der Waals surface area contributed by atoms with Gasteiger partial charge in [-0.3, -0.25) is 14.8 Å². The molecule has 2 aliphatic rings. The number of amides is 1. The first-order chi connectivity index (χ1) is 18.0. The van der Waals surface area contributed by atoms with Crippen LogP contribution in [0, 0.1) is 5.41 Å². The van der Waals surface area contributed by atoms with Gasteiger partial charge in [0.25, 0.3) is 5.91 Å². The molecule has 1 aromatic carbocycles. The van der Waals surface area contributed by atoms with E-state index >= 15 is 0 Å². The highest BCUT2D eigenvalue weighted by atomic mass is 35.5. The number of halogens is 1. The van der Waals surface area contributed by atoms with Gasteiger partial charge in [-0.05, 0) is 31.0 Å². The Morgan fingerprint density at radius 1 is 1.24 bits per heavy atom. The molecule has 202 valence electrons. The Hall–Kier alpha value is -3.92. The van der Waals surface area contributed by atoms with E-state index in [-0.39, 0.29) is 17.1 Å². The highest BCUT2D eigenvalue weighted by Crippen LogP contribution is 2.23. The van der Waals surface area contributed by atoms with Crippen LogP contribution in [0.2, 0.25) is 5.02 Å². The first-order valence-electron chi connectivity index (χ1n) is 12.4. The van der Waals surface area contributed by atoms with Gasteiger partial charge < -0.3 is 26.6 Å². The molecule has 1 aromatic rings. The van der Waals surface area contributed by atoms with E-state index < -0.39 is 0 Å². The lowest BCUT2D eigenvalue weighted by Gasteiger charge is -2.21. The zero-order valence-corrected chi connectivity index (χ0v) is 23.4. The first kappa shape index (κ1) is 28.6. The second-order valence-electron chi connectivity index (χ2n) is 9.80. The minimum atomic E-state index is -0.347. The Kier molecular flexibility index (Phi) is 9.46. The van der Waals surface area contributed by atoms with Gasteiger partial charge in [0.05, 0.1) is 6.21 Å². The van der Waals surface area contributed by atoms with Crippen molar-refractivity contribution >= 4 is 46.8 Å². The van der Waals surface area contributed by atoms with E-state index in [1.54, 1.807) is 38.5 Å². The number of likely N-dealkylation sites (tertiary alicyclic amines) is 1. The molecular weight excluding hydrogens is 502 g/mol. The van der Waals surface area contributed by atoms with Crippen LogP contribution in [-0.2, 0) is 0 Å². The third-order valence-corrected chi connectivity index (χ3v) is 6.10. The number of hydrogen-bond acceptors (Lipinski definition) is 9. The zero-order chi connectivity index (χ0) is 27.9. The van der Waals surface area contributed by atoms with Crippen molar-refractivity contribution in [3.63, 3.8) is 0 Å². The summed E-state index contributed by atoms with van der Waals surface area (Å²) in [5.74, 6) is 0.997. The van der Waals surface area contributed by atoms with Crippen LogP contribution in [-0.4, -0.2) is 61.6 Å². The molecule has 3 rings (SSSR count). The summed E-state index contributed by atoms with van der Waals surface area (Å²) in [4.78, 5) is 32.9. The average Bonchev–Trinajstić information content (AvgIpc) is 3.40. The van der Waals surface area contributed by atoms with Crippen molar-refractivity contribution in [3.8, 4) is 0 Å². The number of allylic oxidation sites excluding steroid dienone is 2. The van der Waals surface area contributed by atoms with Crippen molar-refractivity contribution in [3.05, 3.63) is 65.0 Å². The van der Waals surface area contributed by atoms with E-state index in [0.29, 0.717) is 39.5 Å². The molecule has 0 saturated carbocycles. The minimum Gasteiger partial charge on any atom is -0.383 e. The van der Waals surface area contributed by atoms with Gasteiger partial charge in [0.1, 0.15) is 23.1 Å². The largest absolute Gasteiger partial charge is 0.383 e. The molecule has 1 fully saturated rings. The van der Waals surface area contributed by atoms with Crippen molar-refractivity contribution in [2.45, 2.75) is 33.6 Å². The van der Waals surface area contributed by atoms with Crippen molar-refractivity contribution in [1.82, 2.24) is 15.5 Å². The van der Waals surface area contributed by atoms with Gasteiger partial charge in [-0.2, -0.15) is 0 Å². The summed E-state index contributed by atoms with van der Waals surface area (Å²) >= 11 is 6.37. The molecule has 0 unspecified atom stereocenters. The number of guanidine groups is 1. The molecule has 0 aromatic heterocycles. The normalized spacial score (nSPS) is 18.8. The summed E-state index contributed by atoms with van der Waals surface area (Å²) < 4.78 is 0. The van der Waals surface area contributed by atoms with Gasteiger partial charge in [0.2, 0.25) is 5.96 Å². The lowest BCUT2D eigenvalue weighted by molar-refractivity contribution is 0.0963. The predicted octanol–water partition coefficient (Wildman–Crippen LogP) is 3.91. The molecule has 10 nitrogen and oxygen atoms in total. The van der Waals surface area contributed by atoms with Crippen LogP contribution in [0.1, 0.15) is 44.0 Å². The number of hydrogen-bond donors (Lipinski definition) is 4. The van der Waals surface area contributed by atoms with Crippen molar-refractivity contribution in [2.24, 2.45) is 31.1 Å². The van der Waals surface area contributed by atoms with Crippen LogP contribution >= 0.6 is 11.6 Å². The molecule has 0 bridgehead atoms. The Bertz CT molecular complexity index is 1260. The number of nitrogens with two attached hydrogens (primary N) is 1. The second-order valence-corrected chi connectivity index (χ2v) is 10.2. The lowest BCUT2D eigenvalue weighted by atomic mass is 9.89. The summed E-state index contributed by atoms with van der Waals surface area (Å²) in [5, 5.41) is 9.37. The van der Waals surface area contributed by atoms with Gasteiger partial charge in [-0.1, -0.05) is 39.0 Å². The molecule has 1 amide bonds. The number of carbonyl (C=O) groups is 1. The molecule has 5 N–H and O–H groups in total. The monoisotopic (exact) mass is 537 g/mol. The third kappa shape index (κ3) is 7.32. The fourth-order valence-electron chi connectivity index (χ4n) is 3.95. The van der Waals surface area contributed by atoms with E-state index in [1.165, 1.54) is 6.20 Å². The van der Waals surface area contributed by atoms with E-state index in [4.69, 9.17) is 17.3 Å². The average molecular weight is 538 g/mol. The van der Waals surface area contributed by atoms with Crippen molar-refractivity contribution in [2.75, 3.05) is 32.5 Å². The molecular formula is C27H36ClN9O. The SMILES string of the molecule is C=C/N=C1/C=NC(N2CCCC2)=N/C1=C(/N)Nc1cc(Cl)cc(C(=O)N/C(=C/C(=N\C)C(C)(C)C)NC)c1. The van der Waals surface area contributed by atoms with Crippen LogP contribution in [0.4, 0.5) is 5.69 Å². The van der Waals surface area contributed by atoms with Crippen molar-refractivity contribution in [1.29, 1.82) is 0 Å². The Balaban J connectivity index is 1.88. The smallest absolute Gasteiger partial charge is 0.256 e. The maximum Gasteiger partial charge on any atom is 0.256 e. The summed E-state index contributed by atoms with van der Waals surface area (Å²) in [5.41, 5.74) is 8.86. The minimum absolute atomic E-state index is 0.186. The number of nitrogens with one attached hydrogen (secondary N) is 3. The van der Waals surface area contributed by atoms with E-state index in [1.807, 2.05) is 6.08 Å². The van der Waals surface area contributed by atoms with Crippen LogP contribution in [0.5, 0.6) is 0 Å². The van der Waals surface area contributed by atoms with Gasteiger partial charge in [-0.25, -0.2) is 9.98 Å². The Morgan fingerprint density at radius 2 is 1.95 bits per heavy atom. The van der Waals surface area contributed by atoms with Crippen LogP contribution < -0.4 is 21.7 Å². The molecule has 2 heterocycles. The summed E-state index contributed by atoms with van der Waals surface area (Å²) in [6, 6.07) is 4.92. The first-order valence-corrected chi connectivity index (χ1v) is 12.8. The molecule has 0 atom stereocenters. The van der Waals surface area contributed by atoms with Crippen LogP contribution in [0.25, 0.3) is 0 Å². The summed E-state index contributed by atoms with van der Waals surface area (Å²) in [6.07, 6.45) is 7.03. The highest BCUT2D eigenvalue weighted by Gasteiger charge is 2.22. The highest BCUT2D eigenvalue weighted by molar-refractivity contribution is 6.41. The van der Waals surface area contributed by atoms with E-state index in [0.717, 1.165) is 31.6 Å². The van der Waals surface area contributed by atoms with E-state index in [9.17, 15) is 4.79 Å². The number of nitrogens with zero attached hydrogens (tertiary/aromatic N) is 5. The topological polar surface area (TPSA) is 132 Å². The Labute approximate surface area is 229 Å². The van der Waals surface area contributed by atoms with Gasteiger partial charge in [0.15, 0.2) is 0 Å². The molecule has 0 radical (unpaired) electrons. The van der Waals surface area contributed by atoms with Crippen molar-refractivity contribution < 1.29 is 4.79 Å². The van der Waals surface area contributed by atoms with Crippen LogP contribution in [0.15, 0.2) is 74.4 Å². The number of rotatable bonds is 7. The van der Waals surface area contributed by atoms with Gasteiger partial charge in [0, 0.05) is 66.9 Å². The number of carbonyl (C=O) groups excluding carboxylic acids is 1. The molecule has 38 heavy (non-hydrogen) atoms. The van der Waals surface area contributed by atoms with Crippen LogP contribution in [0.3, 0.4) is 0 Å². The number of aliphatic imine (C=N–C) groups is 4. The molecule has 0 spiro atoms. The predicted molar refractivity (Wildman–Crippen MR) is 158 cm³/mol. The van der Waals surface area contributed by atoms with Gasteiger partial charge in [-0.15, -0.1) is 0 Å². The summed E-state index contributed by atoms with van der Waals surface area (Å²) in [6.45, 7) is 11.6. The standard InChI is InChI=1S/C27H36ClN9O/c1-7-32-20-16-33-26(37-10-8-9-11-37)36-23(20)24(29)34-19-13-17(12-18(28)14-19)25(38)35-22(31-6)15-21(30-5)27(2,3)4/h7,12-16,31,34H,1,8-11,29H2,2-6H3,(H,35,38)/b22-15+,24-23-,30-21+,32-20-. The second kappa shape index (κ2) is 12.6. The maximum atomic E-state index is 13.1. The molecule has 11 heteroatoms.